The molecule has 3 rings (SSSR count). The van der Waals surface area contributed by atoms with E-state index in [0.29, 0.717) is 12.0 Å². The molecule has 5 nitrogen and oxygen atoms in total. The largest absolute Gasteiger partial charge is 0.495 e. The molecule has 1 aliphatic heterocycles. The number of hydrogen-bond donors (Lipinski definition) is 0. The van der Waals surface area contributed by atoms with E-state index in [1.807, 2.05) is 22.8 Å². The van der Waals surface area contributed by atoms with E-state index in [1.54, 1.807) is 7.11 Å². The van der Waals surface area contributed by atoms with Gasteiger partial charge in [0.05, 0.1) is 13.3 Å². The molecular formula is C16H24N4O. The predicted octanol–water partition coefficient (Wildman–Crippen LogP) is 2.40. The minimum absolute atomic E-state index is 0.631. The topological polar surface area (TPSA) is 42.7 Å². The molecule has 1 aliphatic rings. The van der Waals surface area contributed by atoms with Gasteiger partial charge < -0.3 is 9.64 Å². The second kappa shape index (κ2) is 6.02. The molecule has 2 aromatic heterocycles. The fourth-order valence-electron chi connectivity index (χ4n) is 3.11. The van der Waals surface area contributed by atoms with Gasteiger partial charge in [0.25, 0.3) is 0 Å². The highest BCUT2D eigenvalue weighted by molar-refractivity contribution is 5.40. The van der Waals surface area contributed by atoms with E-state index in [9.17, 15) is 0 Å². The number of likely N-dealkylation sites (tertiary alicyclic amines) is 1. The normalized spacial score (nSPS) is 20.3. The van der Waals surface area contributed by atoms with E-state index in [0.717, 1.165) is 30.2 Å². The number of nitrogens with zero attached hydrogens (tertiary/aromatic N) is 4. The summed E-state index contributed by atoms with van der Waals surface area (Å²) in [6, 6.07) is 4.51. The maximum absolute atomic E-state index is 5.23. The molecule has 5 heteroatoms. The lowest BCUT2D eigenvalue weighted by atomic mass is 9.94. The summed E-state index contributed by atoms with van der Waals surface area (Å²) < 4.78 is 7.04. The number of methoxy groups -OCH3 is 1. The maximum Gasteiger partial charge on any atom is 0.155 e. The van der Waals surface area contributed by atoms with Crippen molar-refractivity contribution < 1.29 is 4.74 Å². The van der Waals surface area contributed by atoms with Crippen LogP contribution in [0.2, 0.25) is 0 Å². The molecule has 2 aromatic rings. The van der Waals surface area contributed by atoms with Gasteiger partial charge in [0.15, 0.2) is 11.5 Å². The Bertz CT molecular complexity index is 607. The molecule has 0 aliphatic carbocycles. The lowest BCUT2D eigenvalue weighted by molar-refractivity contribution is 0.138. The first-order valence-corrected chi connectivity index (χ1v) is 7.79. The number of aromatic nitrogens is 3. The molecule has 1 fully saturated rings. The summed E-state index contributed by atoms with van der Waals surface area (Å²) in [5.74, 6) is 2.42. The SMILES string of the molecule is COc1ccc2nc(CC3CCCN(C(C)C)C3)nn2c1. The molecule has 21 heavy (non-hydrogen) atoms. The van der Waals surface area contributed by atoms with Gasteiger partial charge in [-0.25, -0.2) is 9.50 Å². The summed E-state index contributed by atoms with van der Waals surface area (Å²) in [5.41, 5.74) is 0.891. The Morgan fingerprint density at radius 3 is 3.00 bits per heavy atom. The Balaban J connectivity index is 1.72. The van der Waals surface area contributed by atoms with Crippen molar-refractivity contribution in [3.63, 3.8) is 0 Å². The van der Waals surface area contributed by atoms with Crippen LogP contribution in [0.25, 0.3) is 5.65 Å². The Kier molecular flexibility index (Phi) is 4.10. The molecule has 114 valence electrons. The van der Waals surface area contributed by atoms with Crippen LogP contribution >= 0.6 is 0 Å². The highest BCUT2D eigenvalue weighted by atomic mass is 16.5. The zero-order valence-electron chi connectivity index (χ0n) is 13.1. The molecule has 1 atom stereocenters. The Morgan fingerprint density at radius 2 is 2.24 bits per heavy atom. The molecule has 0 radical (unpaired) electrons. The van der Waals surface area contributed by atoms with Gasteiger partial charge in [-0.05, 0) is 51.3 Å². The van der Waals surface area contributed by atoms with Crippen LogP contribution < -0.4 is 4.74 Å². The maximum atomic E-state index is 5.23. The minimum atomic E-state index is 0.631. The van der Waals surface area contributed by atoms with Crippen LogP contribution in [0, 0.1) is 5.92 Å². The van der Waals surface area contributed by atoms with Crippen LogP contribution in [0.5, 0.6) is 5.75 Å². The van der Waals surface area contributed by atoms with Crippen molar-refractivity contribution in [2.24, 2.45) is 5.92 Å². The zero-order valence-corrected chi connectivity index (χ0v) is 13.1. The van der Waals surface area contributed by atoms with Gasteiger partial charge in [-0.3, -0.25) is 0 Å². The first-order valence-electron chi connectivity index (χ1n) is 7.79. The standard InChI is InChI=1S/C16H24N4O/c1-12(2)19-8-4-5-13(10-19)9-15-17-16-7-6-14(21-3)11-20(16)18-15/h6-7,11-13H,4-5,8-10H2,1-3H3. The number of piperidine rings is 1. The fraction of sp³-hybridized carbons (Fsp3) is 0.625. The van der Waals surface area contributed by atoms with Gasteiger partial charge in [0.1, 0.15) is 5.75 Å². The first-order chi connectivity index (χ1) is 10.2. The zero-order chi connectivity index (χ0) is 14.8. The van der Waals surface area contributed by atoms with Gasteiger partial charge in [-0.1, -0.05) is 0 Å². The van der Waals surface area contributed by atoms with Crippen molar-refractivity contribution in [2.75, 3.05) is 20.2 Å². The average Bonchev–Trinajstić information content (AvgIpc) is 2.88. The third-order valence-electron chi connectivity index (χ3n) is 4.34. The summed E-state index contributed by atoms with van der Waals surface area (Å²) >= 11 is 0. The quantitative estimate of drug-likeness (QED) is 0.866. The van der Waals surface area contributed by atoms with E-state index in [-0.39, 0.29) is 0 Å². The Morgan fingerprint density at radius 1 is 1.38 bits per heavy atom. The molecule has 0 aromatic carbocycles. The van der Waals surface area contributed by atoms with E-state index < -0.39 is 0 Å². The van der Waals surface area contributed by atoms with Crippen LogP contribution in [0.1, 0.15) is 32.5 Å². The highest BCUT2D eigenvalue weighted by Gasteiger charge is 2.23. The van der Waals surface area contributed by atoms with E-state index in [4.69, 9.17) is 4.74 Å². The average molecular weight is 288 g/mol. The molecular weight excluding hydrogens is 264 g/mol. The number of pyridine rings is 1. The van der Waals surface area contributed by atoms with Gasteiger partial charge in [-0.2, -0.15) is 5.10 Å². The van der Waals surface area contributed by atoms with Gasteiger partial charge in [-0.15, -0.1) is 0 Å². The second-order valence-corrected chi connectivity index (χ2v) is 6.20. The highest BCUT2D eigenvalue weighted by Crippen LogP contribution is 2.21. The van der Waals surface area contributed by atoms with Gasteiger partial charge in [0.2, 0.25) is 0 Å². The first kappa shape index (κ1) is 14.3. The monoisotopic (exact) mass is 288 g/mol. The lowest BCUT2D eigenvalue weighted by Gasteiger charge is -2.35. The molecule has 3 heterocycles. The second-order valence-electron chi connectivity index (χ2n) is 6.20. The van der Waals surface area contributed by atoms with Gasteiger partial charge >= 0.3 is 0 Å². The summed E-state index contributed by atoms with van der Waals surface area (Å²) in [6.45, 7) is 6.94. The fourth-order valence-corrected chi connectivity index (χ4v) is 3.11. The van der Waals surface area contributed by atoms with Crippen molar-refractivity contribution in [3.8, 4) is 5.75 Å². The van der Waals surface area contributed by atoms with Gasteiger partial charge in [0, 0.05) is 19.0 Å². The number of rotatable bonds is 4. The third kappa shape index (κ3) is 3.18. The third-order valence-corrected chi connectivity index (χ3v) is 4.34. The molecule has 1 unspecified atom stereocenters. The smallest absolute Gasteiger partial charge is 0.155 e. The molecule has 0 N–H and O–H groups in total. The number of hydrogen-bond acceptors (Lipinski definition) is 4. The van der Waals surface area contributed by atoms with E-state index in [2.05, 4.69) is 28.8 Å². The van der Waals surface area contributed by atoms with Crippen molar-refractivity contribution in [3.05, 3.63) is 24.2 Å². The van der Waals surface area contributed by atoms with Crippen molar-refractivity contribution in [2.45, 2.75) is 39.2 Å². The summed E-state index contributed by atoms with van der Waals surface area (Å²) in [4.78, 5) is 7.19. The van der Waals surface area contributed by atoms with E-state index >= 15 is 0 Å². The number of ether oxygens (including phenoxy) is 1. The van der Waals surface area contributed by atoms with Crippen molar-refractivity contribution >= 4 is 5.65 Å². The Labute approximate surface area is 125 Å². The molecule has 0 saturated carbocycles. The van der Waals surface area contributed by atoms with Crippen LogP contribution in [0.4, 0.5) is 0 Å². The van der Waals surface area contributed by atoms with Crippen LogP contribution in [-0.4, -0.2) is 45.7 Å². The van der Waals surface area contributed by atoms with E-state index in [1.165, 1.54) is 19.4 Å². The summed E-state index contributed by atoms with van der Waals surface area (Å²) in [7, 11) is 1.67. The van der Waals surface area contributed by atoms with Crippen molar-refractivity contribution in [1.82, 2.24) is 19.5 Å². The van der Waals surface area contributed by atoms with Crippen molar-refractivity contribution in [1.29, 1.82) is 0 Å². The molecule has 0 spiro atoms. The van der Waals surface area contributed by atoms with Crippen LogP contribution in [0.15, 0.2) is 18.3 Å². The lowest BCUT2D eigenvalue weighted by Crippen LogP contribution is -2.40. The minimum Gasteiger partial charge on any atom is -0.495 e. The van der Waals surface area contributed by atoms with Crippen LogP contribution in [-0.2, 0) is 6.42 Å². The Hall–Kier alpha value is -1.62. The number of fused-ring (bicyclic) bond motifs is 1. The summed E-state index contributed by atoms with van der Waals surface area (Å²) in [5, 5.41) is 4.59. The molecule has 0 amide bonds. The summed E-state index contributed by atoms with van der Waals surface area (Å²) in [6.07, 6.45) is 5.41. The molecule has 1 saturated heterocycles. The molecule has 0 bridgehead atoms. The van der Waals surface area contributed by atoms with Crippen LogP contribution in [0.3, 0.4) is 0 Å². The predicted molar refractivity (Wildman–Crippen MR) is 82.7 cm³/mol.